The number of carbonyl (C=O) groups is 1. The molecular weight excluding hydrogens is 454 g/mol. The van der Waals surface area contributed by atoms with E-state index in [9.17, 15) is 13.2 Å². The predicted octanol–water partition coefficient (Wildman–Crippen LogP) is 2.82. The highest BCUT2D eigenvalue weighted by Crippen LogP contribution is 2.27. The van der Waals surface area contributed by atoms with Gasteiger partial charge in [0.1, 0.15) is 16.7 Å². The zero-order valence-corrected chi connectivity index (χ0v) is 20.8. The number of sulfonamides is 1. The summed E-state index contributed by atoms with van der Waals surface area (Å²) < 4.78 is 34.7. The first-order valence-corrected chi connectivity index (χ1v) is 12.8. The predicted molar refractivity (Wildman–Crippen MR) is 129 cm³/mol. The van der Waals surface area contributed by atoms with Gasteiger partial charge in [0.2, 0.25) is 15.9 Å². The van der Waals surface area contributed by atoms with Crippen molar-refractivity contribution in [1.82, 2.24) is 19.0 Å². The third-order valence-corrected chi connectivity index (χ3v) is 8.38. The minimum Gasteiger partial charge on any atom is -0.468 e. The fourth-order valence-electron chi connectivity index (χ4n) is 4.45. The quantitative estimate of drug-likeness (QED) is 0.511. The Morgan fingerprint density at radius 3 is 2.38 bits per heavy atom. The maximum absolute atomic E-state index is 13.3. The molecule has 1 aliphatic heterocycles. The lowest BCUT2D eigenvalue weighted by Crippen LogP contribution is -2.50. The van der Waals surface area contributed by atoms with Crippen molar-refractivity contribution in [2.45, 2.75) is 38.3 Å². The number of benzene rings is 1. The Bertz CT molecular complexity index is 1230. The van der Waals surface area contributed by atoms with E-state index in [2.05, 4.69) is 22.1 Å². The Morgan fingerprint density at radius 1 is 1.09 bits per heavy atom. The number of furan rings is 1. The van der Waals surface area contributed by atoms with Gasteiger partial charge in [-0.05, 0) is 45.0 Å². The number of hydrogen-bond donors (Lipinski definition) is 0. The summed E-state index contributed by atoms with van der Waals surface area (Å²) >= 11 is 0. The Morgan fingerprint density at radius 2 is 1.76 bits per heavy atom. The van der Waals surface area contributed by atoms with Gasteiger partial charge in [-0.2, -0.15) is 9.40 Å². The van der Waals surface area contributed by atoms with Gasteiger partial charge in [0, 0.05) is 38.9 Å². The van der Waals surface area contributed by atoms with Crippen LogP contribution in [0.4, 0.5) is 5.69 Å². The molecule has 10 heteroatoms. The summed E-state index contributed by atoms with van der Waals surface area (Å²) in [5.41, 5.74) is 1.97. The molecule has 2 aromatic heterocycles. The highest BCUT2D eigenvalue weighted by molar-refractivity contribution is 7.89. The maximum Gasteiger partial charge on any atom is 0.247 e. The second-order valence-electron chi connectivity index (χ2n) is 8.61. The normalized spacial score (nSPS) is 15.7. The Labute approximate surface area is 200 Å². The molecular formula is C24H31N5O4S. The van der Waals surface area contributed by atoms with Crippen molar-refractivity contribution in [3.8, 4) is 0 Å². The summed E-state index contributed by atoms with van der Waals surface area (Å²) in [4.78, 5) is 17.5. The molecule has 1 amide bonds. The van der Waals surface area contributed by atoms with Crippen LogP contribution in [0.2, 0.25) is 0 Å². The van der Waals surface area contributed by atoms with Crippen LogP contribution in [0.1, 0.15) is 30.1 Å². The molecule has 182 valence electrons. The zero-order valence-electron chi connectivity index (χ0n) is 20.0. The van der Waals surface area contributed by atoms with Gasteiger partial charge in [0.15, 0.2) is 0 Å². The van der Waals surface area contributed by atoms with E-state index in [4.69, 9.17) is 4.42 Å². The number of anilines is 1. The number of aromatic nitrogens is 2. The van der Waals surface area contributed by atoms with Crippen LogP contribution in [0.25, 0.3) is 0 Å². The van der Waals surface area contributed by atoms with Crippen LogP contribution in [-0.2, 0) is 21.4 Å². The number of aryl methyl sites for hydroxylation is 1. The summed E-state index contributed by atoms with van der Waals surface area (Å²) in [6.07, 6.45) is 1.51. The van der Waals surface area contributed by atoms with Crippen LogP contribution in [0.3, 0.4) is 0 Å². The van der Waals surface area contributed by atoms with Gasteiger partial charge in [0.25, 0.3) is 0 Å². The molecule has 1 aromatic carbocycles. The molecule has 0 bridgehead atoms. The highest BCUT2D eigenvalue weighted by atomic mass is 32.2. The number of amides is 1. The van der Waals surface area contributed by atoms with Crippen molar-refractivity contribution in [3.05, 3.63) is 65.9 Å². The molecule has 3 aromatic rings. The number of hydrogen-bond acceptors (Lipinski definition) is 6. The lowest BCUT2D eigenvalue weighted by molar-refractivity contribution is -0.134. The monoisotopic (exact) mass is 485 g/mol. The first kappa shape index (κ1) is 24.0. The van der Waals surface area contributed by atoms with Crippen molar-refractivity contribution >= 4 is 21.6 Å². The smallest absolute Gasteiger partial charge is 0.247 e. The van der Waals surface area contributed by atoms with Crippen LogP contribution >= 0.6 is 0 Å². The summed E-state index contributed by atoms with van der Waals surface area (Å²) in [6, 6.07) is 13.0. The molecule has 0 N–H and O–H groups in total. The number of para-hydroxylation sites is 1. The lowest BCUT2D eigenvalue weighted by atomic mass is 10.2. The average Bonchev–Trinajstić information content (AvgIpc) is 3.46. The van der Waals surface area contributed by atoms with Crippen molar-refractivity contribution < 1.29 is 17.6 Å². The van der Waals surface area contributed by atoms with E-state index >= 15 is 0 Å². The van der Waals surface area contributed by atoms with Gasteiger partial charge in [0.05, 0.1) is 24.2 Å². The van der Waals surface area contributed by atoms with Gasteiger partial charge < -0.3 is 14.2 Å². The summed E-state index contributed by atoms with van der Waals surface area (Å²) in [5, 5.41) is 4.46. The minimum atomic E-state index is -3.82. The van der Waals surface area contributed by atoms with Gasteiger partial charge in [-0.25, -0.2) is 8.42 Å². The molecule has 0 spiro atoms. The number of piperazine rings is 1. The van der Waals surface area contributed by atoms with Crippen molar-refractivity contribution in [2.75, 3.05) is 38.1 Å². The maximum atomic E-state index is 13.3. The van der Waals surface area contributed by atoms with E-state index in [0.29, 0.717) is 30.2 Å². The van der Waals surface area contributed by atoms with Crippen molar-refractivity contribution in [2.24, 2.45) is 0 Å². The first-order chi connectivity index (χ1) is 16.2. The van der Waals surface area contributed by atoms with Gasteiger partial charge in [-0.1, -0.05) is 18.2 Å². The zero-order chi connectivity index (χ0) is 24.5. The molecule has 9 nitrogen and oxygen atoms in total. The van der Waals surface area contributed by atoms with Crippen LogP contribution in [-0.4, -0.2) is 66.5 Å². The fraction of sp³-hybridized carbons (Fsp3) is 0.417. The van der Waals surface area contributed by atoms with Crippen LogP contribution in [0.5, 0.6) is 0 Å². The number of nitrogens with zero attached hydrogens (tertiary/aromatic N) is 5. The molecule has 0 saturated carbocycles. The standard InChI is InChI=1S/C24H31N5O4S/c1-18-23(34(31,32)26(4)17-22-11-8-16-33-22)19(2)29(25-18)20(3)24(30)28-14-12-27(13-15-28)21-9-6-5-7-10-21/h5-11,16,20H,12-15,17H2,1-4H3/t20-/m1/s1. The molecule has 34 heavy (non-hydrogen) atoms. The van der Waals surface area contributed by atoms with E-state index < -0.39 is 16.1 Å². The second kappa shape index (κ2) is 9.63. The van der Waals surface area contributed by atoms with E-state index in [1.807, 2.05) is 23.1 Å². The summed E-state index contributed by atoms with van der Waals surface area (Å²) in [5.74, 6) is 0.484. The molecule has 1 saturated heterocycles. The summed E-state index contributed by atoms with van der Waals surface area (Å²) in [6.45, 7) is 7.95. The first-order valence-electron chi connectivity index (χ1n) is 11.3. The van der Waals surface area contributed by atoms with Crippen LogP contribution in [0.15, 0.2) is 58.0 Å². The molecule has 1 fully saturated rings. The van der Waals surface area contributed by atoms with Gasteiger partial charge in [-0.15, -0.1) is 0 Å². The Hall–Kier alpha value is -3.11. The largest absolute Gasteiger partial charge is 0.468 e. The third-order valence-electron chi connectivity index (χ3n) is 6.32. The second-order valence-corrected chi connectivity index (χ2v) is 10.6. The van der Waals surface area contributed by atoms with Gasteiger partial charge >= 0.3 is 0 Å². The SMILES string of the molecule is Cc1nn([C@H](C)C(=O)N2CCN(c3ccccc3)CC2)c(C)c1S(=O)(=O)N(C)Cc1ccco1. The van der Waals surface area contributed by atoms with E-state index in [1.165, 1.54) is 22.3 Å². The highest BCUT2D eigenvalue weighted by Gasteiger charge is 2.33. The Balaban J connectivity index is 1.48. The molecule has 1 atom stereocenters. The number of carbonyl (C=O) groups excluding carboxylic acids is 1. The summed E-state index contributed by atoms with van der Waals surface area (Å²) in [7, 11) is -2.31. The molecule has 4 rings (SSSR count). The fourth-order valence-corrected chi connectivity index (χ4v) is 5.94. The van der Waals surface area contributed by atoms with Crippen molar-refractivity contribution in [3.63, 3.8) is 0 Å². The minimum absolute atomic E-state index is 0.0637. The van der Waals surface area contributed by atoms with Crippen LogP contribution < -0.4 is 4.90 Å². The van der Waals surface area contributed by atoms with Crippen LogP contribution in [0, 0.1) is 13.8 Å². The van der Waals surface area contributed by atoms with E-state index in [1.54, 1.807) is 32.9 Å². The van der Waals surface area contributed by atoms with Gasteiger partial charge in [-0.3, -0.25) is 9.48 Å². The molecule has 3 heterocycles. The molecule has 0 unspecified atom stereocenters. The molecule has 0 aliphatic carbocycles. The van der Waals surface area contributed by atoms with E-state index in [-0.39, 0.29) is 17.3 Å². The van der Waals surface area contributed by atoms with E-state index in [0.717, 1.165) is 18.8 Å². The molecule has 0 radical (unpaired) electrons. The Kier molecular flexibility index (Phi) is 6.81. The number of rotatable bonds is 7. The lowest BCUT2D eigenvalue weighted by Gasteiger charge is -2.37. The third kappa shape index (κ3) is 4.60. The van der Waals surface area contributed by atoms with Crippen molar-refractivity contribution in [1.29, 1.82) is 0 Å². The molecule has 1 aliphatic rings. The average molecular weight is 486 g/mol. The topological polar surface area (TPSA) is 91.9 Å².